The molecule has 1 fully saturated rings. The van der Waals surface area contributed by atoms with Crippen molar-refractivity contribution in [3.63, 3.8) is 0 Å². The normalized spacial score (nSPS) is 23.9. The largest absolute Gasteiger partial charge is 0.387 e. The molecule has 1 N–H and O–H groups in total. The van der Waals surface area contributed by atoms with E-state index in [9.17, 15) is 22.3 Å². The van der Waals surface area contributed by atoms with Crippen LogP contribution < -0.4 is 0 Å². The molecule has 2 rings (SSSR count). The smallest absolute Gasteiger partial charge is 0.243 e. The number of hydrogen-bond acceptors (Lipinski definition) is 4. The third kappa shape index (κ3) is 3.39. The molecule has 0 radical (unpaired) electrons. The maximum Gasteiger partial charge on any atom is 0.243 e. The number of rotatable bonds is 4. The fourth-order valence-corrected chi connectivity index (χ4v) is 4.06. The van der Waals surface area contributed by atoms with Gasteiger partial charge in [0.05, 0.1) is 10.5 Å². The summed E-state index contributed by atoms with van der Waals surface area (Å²) in [7, 11) is -0.372. The van der Waals surface area contributed by atoms with E-state index in [1.807, 2.05) is 0 Å². The average molecular weight is 320 g/mol. The molecule has 1 heterocycles. The van der Waals surface area contributed by atoms with E-state index in [2.05, 4.69) is 0 Å². The van der Waals surface area contributed by atoms with Crippen LogP contribution >= 0.6 is 0 Å². The van der Waals surface area contributed by atoms with Crippen LogP contribution in [0.15, 0.2) is 23.1 Å². The molecule has 0 aliphatic carbocycles. The van der Waals surface area contributed by atoms with Gasteiger partial charge in [-0.2, -0.15) is 4.31 Å². The van der Waals surface area contributed by atoms with Gasteiger partial charge in [0.1, 0.15) is 0 Å². The number of benzene rings is 1. The van der Waals surface area contributed by atoms with Gasteiger partial charge < -0.3 is 10.0 Å². The molecule has 1 atom stereocenters. The van der Waals surface area contributed by atoms with Crippen molar-refractivity contribution in [2.24, 2.45) is 0 Å². The maximum absolute atomic E-state index is 13.2. The Morgan fingerprint density at radius 2 is 2.00 bits per heavy atom. The van der Waals surface area contributed by atoms with Gasteiger partial charge in [0.2, 0.25) is 10.0 Å². The quantitative estimate of drug-likeness (QED) is 0.885. The Balaban J connectivity index is 2.23. The van der Waals surface area contributed by atoms with Gasteiger partial charge >= 0.3 is 0 Å². The minimum absolute atomic E-state index is 0.0630. The lowest BCUT2D eigenvalue weighted by Gasteiger charge is -2.26. The Hall–Kier alpha value is -1.09. The molecule has 118 valence electrons. The Morgan fingerprint density at radius 3 is 2.57 bits per heavy atom. The van der Waals surface area contributed by atoms with Crippen molar-refractivity contribution in [3.05, 3.63) is 29.8 Å². The topological polar surface area (TPSA) is 60.9 Å². The van der Waals surface area contributed by atoms with Crippen molar-refractivity contribution >= 4 is 10.0 Å². The third-order valence-electron chi connectivity index (χ3n) is 3.44. The molecule has 1 aromatic rings. The Morgan fingerprint density at radius 1 is 1.33 bits per heavy atom. The van der Waals surface area contributed by atoms with E-state index in [0.29, 0.717) is 19.0 Å². The van der Waals surface area contributed by atoms with Gasteiger partial charge in [-0.1, -0.05) is 0 Å². The molecule has 0 amide bonds. The van der Waals surface area contributed by atoms with Gasteiger partial charge in [-0.05, 0) is 38.7 Å². The monoisotopic (exact) mass is 320 g/mol. The van der Waals surface area contributed by atoms with E-state index < -0.39 is 27.3 Å². The number of β-amino-alcohol motifs (C(OH)–C–C–N with tert-alkyl or cyclic N) is 1. The molecular weight excluding hydrogens is 302 g/mol. The summed E-state index contributed by atoms with van der Waals surface area (Å²) < 4.78 is 52.0. The molecule has 1 aromatic carbocycles. The molecule has 0 spiro atoms. The van der Waals surface area contributed by atoms with E-state index in [0.717, 1.165) is 16.4 Å². The molecule has 1 aliphatic rings. The average Bonchev–Trinajstić information content (AvgIpc) is 2.74. The summed E-state index contributed by atoms with van der Waals surface area (Å²) in [6, 6.07) is 2.47. The van der Waals surface area contributed by atoms with Crippen molar-refractivity contribution in [1.82, 2.24) is 9.21 Å². The van der Waals surface area contributed by atoms with E-state index in [4.69, 9.17) is 0 Å². The molecule has 8 heteroatoms. The number of hydrogen-bond donors (Lipinski definition) is 1. The second kappa shape index (κ2) is 5.60. The SMILES string of the molecule is CN(C)C[C@@]1(O)CCN(S(=O)(=O)c2ccc(F)c(F)c2)C1. The highest BCUT2D eigenvalue weighted by Crippen LogP contribution is 2.28. The highest BCUT2D eigenvalue weighted by molar-refractivity contribution is 7.89. The van der Waals surface area contributed by atoms with Gasteiger partial charge in [-0.3, -0.25) is 0 Å². The van der Waals surface area contributed by atoms with Gasteiger partial charge in [0.15, 0.2) is 11.6 Å². The van der Waals surface area contributed by atoms with Crippen LogP contribution in [0.25, 0.3) is 0 Å². The first kappa shape index (κ1) is 16.3. The molecule has 0 bridgehead atoms. The lowest BCUT2D eigenvalue weighted by Crippen LogP contribution is -2.43. The summed E-state index contributed by atoms with van der Waals surface area (Å²) in [5.41, 5.74) is -1.13. The first-order valence-corrected chi connectivity index (χ1v) is 7.90. The second-order valence-electron chi connectivity index (χ2n) is 5.63. The predicted molar refractivity (Wildman–Crippen MR) is 73.2 cm³/mol. The minimum atomic E-state index is -3.94. The fraction of sp³-hybridized carbons (Fsp3) is 0.538. The Kier molecular flexibility index (Phi) is 4.34. The molecule has 0 saturated carbocycles. The molecule has 0 unspecified atom stereocenters. The van der Waals surface area contributed by atoms with E-state index in [-0.39, 0.29) is 18.0 Å². The second-order valence-corrected chi connectivity index (χ2v) is 7.56. The van der Waals surface area contributed by atoms with E-state index >= 15 is 0 Å². The summed E-state index contributed by atoms with van der Waals surface area (Å²) in [5.74, 6) is -2.31. The third-order valence-corrected chi connectivity index (χ3v) is 5.28. The lowest BCUT2D eigenvalue weighted by molar-refractivity contribution is 0.0302. The number of aliphatic hydroxyl groups is 1. The first-order chi connectivity index (χ1) is 9.64. The van der Waals surface area contributed by atoms with Crippen LogP contribution in [0, 0.1) is 11.6 Å². The van der Waals surface area contributed by atoms with Crippen LogP contribution in [-0.2, 0) is 10.0 Å². The number of likely N-dealkylation sites (N-methyl/N-ethyl adjacent to an activating group) is 1. The molecule has 0 aromatic heterocycles. The van der Waals surface area contributed by atoms with Gasteiger partial charge in [0, 0.05) is 19.6 Å². The predicted octanol–water partition coefficient (Wildman–Crippen LogP) is 0.652. The number of sulfonamides is 1. The van der Waals surface area contributed by atoms with Crippen molar-refractivity contribution in [1.29, 1.82) is 0 Å². The van der Waals surface area contributed by atoms with Gasteiger partial charge in [-0.25, -0.2) is 17.2 Å². The Labute approximate surface area is 122 Å². The first-order valence-electron chi connectivity index (χ1n) is 6.46. The molecule has 1 saturated heterocycles. The zero-order valence-electron chi connectivity index (χ0n) is 11.9. The fourth-order valence-electron chi connectivity index (χ4n) is 2.53. The zero-order valence-corrected chi connectivity index (χ0v) is 12.7. The summed E-state index contributed by atoms with van der Waals surface area (Å²) >= 11 is 0. The van der Waals surface area contributed by atoms with Crippen LogP contribution in [0.1, 0.15) is 6.42 Å². The zero-order chi connectivity index (χ0) is 15.8. The highest BCUT2D eigenvalue weighted by Gasteiger charge is 2.42. The maximum atomic E-state index is 13.2. The van der Waals surface area contributed by atoms with E-state index in [1.54, 1.807) is 19.0 Å². The molecular formula is C13H18F2N2O3S. The van der Waals surface area contributed by atoms with Crippen molar-refractivity contribution < 1.29 is 22.3 Å². The van der Waals surface area contributed by atoms with Crippen LogP contribution in [0.2, 0.25) is 0 Å². The van der Waals surface area contributed by atoms with Crippen LogP contribution in [0.5, 0.6) is 0 Å². The Bertz CT molecular complexity index is 636. The van der Waals surface area contributed by atoms with Crippen LogP contribution in [0.4, 0.5) is 8.78 Å². The number of nitrogens with zero attached hydrogens (tertiary/aromatic N) is 2. The number of halogens is 2. The molecule has 1 aliphatic heterocycles. The van der Waals surface area contributed by atoms with Crippen molar-refractivity contribution in [2.45, 2.75) is 16.9 Å². The van der Waals surface area contributed by atoms with Crippen LogP contribution in [-0.4, -0.2) is 62.1 Å². The highest BCUT2D eigenvalue weighted by atomic mass is 32.2. The summed E-state index contributed by atoms with van der Waals surface area (Å²) in [5, 5.41) is 10.4. The molecule has 5 nitrogen and oxygen atoms in total. The van der Waals surface area contributed by atoms with Crippen molar-refractivity contribution in [3.8, 4) is 0 Å². The summed E-state index contributed by atoms with van der Waals surface area (Å²) in [6.07, 6.45) is 0.300. The lowest BCUT2D eigenvalue weighted by atomic mass is 10.0. The summed E-state index contributed by atoms with van der Waals surface area (Å²) in [6.45, 7) is 0.412. The van der Waals surface area contributed by atoms with Gasteiger partial charge in [-0.15, -0.1) is 0 Å². The minimum Gasteiger partial charge on any atom is -0.387 e. The van der Waals surface area contributed by atoms with Crippen LogP contribution in [0.3, 0.4) is 0 Å². The summed E-state index contributed by atoms with van der Waals surface area (Å²) in [4.78, 5) is 1.46. The standard InChI is InChI=1S/C13H18F2N2O3S/c1-16(2)8-13(18)5-6-17(9-13)21(19,20)10-3-4-11(14)12(15)7-10/h3-4,7,18H,5-6,8-9H2,1-2H3/t13-/m0/s1. The van der Waals surface area contributed by atoms with Gasteiger partial charge in [0.25, 0.3) is 0 Å². The molecule has 21 heavy (non-hydrogen) atoms. The van der Waals surface area contributed by atoms with E-state index in [1.165, 1.54) is 0 Å². The van der Waals surface area contributed by atoms with Crippen molar-refractivity contribution in [2.75, 3.05) is 33.7 Å².